The molecule has 3 heteroatoms. The molecule has 0 fully saturated rings. The van der Waals surface area contributed by atoms with E-state index in [2.05, 4.69) is 11.9 Å². The van der Waals surface area contributed by atoms with Gasteiger partial charge in [0, 0.05) is 17.5 Å². The number of nitrogens with one attached hydrogen (secondary N) is 1. The van der Waals surface area contributed by atoms with Gasteiger partial charge in [0.25, 0.3) is 0 Å². The zero-order valence-corrected chi connectivity index (χ0v) is 10.9. The van der Waals surface area contributed by atoms with Gasteiger partial charge in [0.05, 0.1) is 6.61 Å². The van der Waals surface area contributed by atoms with Crippen molar-refractivity contribution < 1.29 is 4.74 Å². The summed E-state index contributed by atoms with van der Waals surface area (Å²) < 4.78 is 5.70. The lowest BCUT2D eigenvalue weighted by atomic mass is 10.00. The van der Waals surface area contributed by atoms with Gasteiger partial charge in [0.15, 0.2) is 0 Å². The Hall–Kier alpha value is -0.990. The molecule has 1 aromatic carbocycles. The molecule has 0 aromatic heterocycles. The third kappa shape index (κ3) is 2.82. The minimum atomic E-state index is 0.388. The molecule has 1 unspecified atom stereocenters. The van der Waals surface area contributed by atoms with Gasteiger partial charge < -0.3 is 10.1 Å². The minimum absolute atomic E-state index is 0.388. The standard InChI is InChI=1S/C14H18ClNO/c1-3-4-13(16-2)9-11-8-12(15)7-10-5-6-17-14(10)11/h3,7-8,13,16H,1,4-6,9H2,2H3. The van der Waals surface area contributed by atoms with Crippen LogP contribution in [-0.4, -0.2) is 19.7 Å². The number of fused-ring (bicyclic) bond motifs is 1. The van der Waals surface area contributed by atoms with E-state index in [0.717, 1.165) is 36.6 Å². The Kier molecular flexibility index (Phi) is 4.08. The molecule has 0 amide bonds. The molecule has 0 spiro atoms. The highest BCUT2D eigenvalue weighted by atomic mass is 35.5. The lowest BCUT2D eigenvalue weighted by molar-refractivity contribution is 0.352. The molecule has 17 heavy (non-hydrogen) atoms. The quantitative estimate of drug-likeness (QED) is 0.813. The second kappa shape index (κ2) is 5.56. The highest BCUT2D eigenvalue weighted by Gasteiger charge is 2.19. The zero-order chi connectivity index (χ0) is 12.3. The van der Waals surface area contributed by atoms with Gasteiger partial charge in [-0.2, -0.15) is 0 Å². The van der Waals surface area contributed by atoms with Gasteiger partial charge in [-0.1, -0.05) is 17.7 Å². The normalized spacial score (nSPS) is 15.2. The first-order chi connectivity index (χ1) is 8.24. The Bertz CT molecular complexity index is 417. The third-order valence-corrected chi connectivity index (χ3v) is 3.37. The summed E-state index contributed by atoms with van der Waals surface area (Å²) in [6.07, 6.45) is 4.77. The fourth-order valence-corrected chi connectivity index (χ4v) is 2.53. The molecule has 1 atom stereocenters. The van der Waals surface area contributed by atoms with Gasteiger partial charge in [-0.3, -0.25) is 0 Å². The fourth-order valence-electron chi connectivity index (χ4n) is 2.27. The molecule has 0 saturated carbocycles. The summed E-state index contributed by atoms with van der Waals surface area (Å²) in [5.74, 6) is 1.04. The lowest BCUT2D eigenvalue weighted by Crippen LogP contribution is -2.27. The maximum Gasteiger partial charge on any atom is 0.125 e. The van der Waals surface area contributed by atoms with E-state index in [1.165, 1.54) is 11.1 Å². The molecule has 0 radical (unpaired) electrons. The second-order valence-electron chi connectivity index (χ2n) is 4.37. The minimum Gasteiger partial charge on any atom is -0.493 e. The molecule has 0 bridgehead atoms. The van der Waals surface area contributed by atoms with Crippen LogP contribution in [0, 0.1) is 0 Å². The van der Waals surface area contributed by atoms with Crippen LogP contribution in [0.2, 0.25) is 5.02 Å². The summed E-state index contributed by atoms with van der Waals surface area (Å²) in [6.45, 7) is 4.55. The highest BCUT2D eigenvalue weighted by molar-refractivity contribution is 6.30. The molecule has 1 aliphatic rings. The van der Waals surface area contributed by atoms with E-state index >= 15 is 0 Å². The fraction of sp³-hybridized carbons (Fsp3) is 0.429. The first-order valence-electron chi connectivity index (χ1n) is 5.97. The Morgan fingerprint density at radius 3 is 3.12 bits per heavy atom. The van der Waals surface area contributed by atoms with Crippen molar-refractivity contribution in [3.63, 3.8) is 0 Å². The first kappa shape index (κ1) is 12.5. The van der Waals surface area contributed by atoms with Crippen LogP contribution < -0.4 is 10.1 Å². The van der Waals surface area contributed by atoms with Crippen LogP contribution >= 0.6 is 11.6 Å². The summed E-state index contributed by atoms with van der Waals surface area (Å²) in [4.78, 5) is 0. The van der Waals surface area contributed by atoms with Crippen molar-refractivity contribution in [2.24, 2.45) is 0 Å². The van der Waals surface area contributed by atoms with Gasteiger partial charge in [0.2, 0.25) is 0 Å². The molecule has 2 nitrogen and oxygen atoms in total. The number of ether oxygens (including phenoxy) is 1. The number of hydrogen-bond donors (Lipinski definition) is 1. The molecular formula is C14H18ClNO. The van der Waals surface area contributed by atoms with E-state index in [4.69, 9.17) is 16.3 Å². The van der Waals surface area contributed by atoms with Crippen molar-refractivity contribution in [2.45, 2.75) is 25.3 Å². The Morgan fingerprint density at radius 1 is 1.59 bits per heavy atom. The lowest BCUT2D eigenvalue weighted by Gasteiger charge is -2.16. The molecular weight excluding hydrogens is 234 g/mol. The largest absolute Gasteiger partial charge is 0.493 e. The first-order valence-corrected chi connectivity index (χ1v) is 6.34. The van der Waals surface area contributed by atoms with E-state index in [0.29, 0.717) is 6.04 Å². The Balaban J connectivity index is 2.23. The van der Waals surface area contributed by atoms with Crippen LogP contribution in [-0.2, 0) is 12.8 Å². The van der Waals surface area contributed by atoms with Crippen LogP contribution in [0.1, 0.15) is 17.5 Å². The van der Waals surface area contributed by atoms with Crippen molar-refractivity contribution in [3.8, 4) is 5.75 Å². The maximum atomic E-state index is 6.14. The summed E-state index contributed by atoms with van der Waals surface area (Å²) in [5, 5.41) is 4.10. The van der Waals surface area contributed by atoms with Crippen molar-refractivity contribution >= 4 is 11.6 Å². The molecule has 2 rings (SSSR count). The van der Waals surface area contributed by atoms with Crippen molar-refractivity contribution in [1.29, 1.82) is 0 Å². The Morgan fingerprint density at radius 2 is 2.41 bits per heavy atom. The van der Waals surface area contributed by atoms with Gasteiger partial charge in [-0.15, -0.1) is 6.58 Å². The summed E-state index contributed by atoms with van der Waals surface area (Å²) >= 11 is 6.14. The van der Waals surface area contributed by atoms with E-state index < -0.39 is 0 Å². The van der Waals surface area contributed by atoms with Gasteiger partial charge >= 0.3 is 0 Å². The van der Waals surface area contributed by atoms with E-state index in [9.17, 15) is 0 Å². The summed E-state index contributed by atoms with van der Waals surface area (Å²) in [7, 11) is 1.97. The van der Waals surface area contributed by atoms with Crippen molar-refractivity contribution in [2.75, 3.05) is 13.7 Å². The van der Waals surface area contributed by atoms with E-state index in [1.807, 2.05) is 25.3 Å². The molecule has 0 aliphatic carbocycles. The number of benzene rings is 1. The van der Waals surface area contributed by atoms with E-state index in [1.54, 1.807) is 0 Å². The van der Waals surface area contributed by atoms with Crippen LogP contribution in [0.5, 0.6) is 5.75 Å². The molecule has 1 N–H and O–H groups in total. The number of rotatable bonds is 5. The molecule has 92 valence electrons. The van der Waals surface area contributed by atoms with Gasteiger partial charge in [-0.25, -0.2) is 0 Å². The highest BCUT2D eigenvalue weighted by Crippen LogP contribution is 2.33. The van der Waals surface area contributed by atoms with Crippen LogP contribution in [0.3, 0.4) is 0 Å². The molecule has 1 heterocycles. The monoisotopic (exact) mass is 251 g/mol. The van der Waals surface area contributed by atoms with Crippen molar-refractivity contribution in [3.05, 3.63) is 40.9 Å². The van der Waals surface area contributed by atoms with Gasteiger partial charge in [-0.05, 0) is 43.1 Å². The van der Waals surface area contributed by atoms with Crippen molar-refractivity contribution in [1.82, 2.24) is 5.32 Å². The summed E-state index contributed by atoms with van der Waals surface area (Å²) in [6, 6.07) is 4.41. The Labute approximate surface area is 108 Å². The molecule has 0 saturated heterocycles. The molecule has 1 aliphatic heterocycles. The number of hydrogen-bond acceptors (Lipinski definition) is 2. The summed E-state index contributed by atoms with van der Waals surface area (Å²) in [5.41, 5.74) is 2.44. The topological polar surface area (TPSA) is 21.3 Å². The van der Waals surface area contributed by atoms with Crippen LogP contribution in [0.15, 0.2) is 24.8 Å². The molecule has 1 aromatic rings. The predicted octanol–water partition coefficient (Wildman–Crippen LogP) is 2.98. The number of likely N-dealkylation sites (N-methyl/N-ethyl adjacent to an activating group) is 1. The van der Waals surface area contributed by atoms with Crippen LogP contribution in [0.4, 0.5) is 0 Å². The number of halogens is 1. The zero-order valence-electron chi connectivity index (χ0n) is 10.1. The average molecular weight is 252 g/mol. The van der Waals surface area contributed by atoms with E-state index in [-0.39, 0.29) is 0 Å². The second-order valence-corrected chi connectivity index (χ2v) is 4.80. The van der Waals surface area contributed by atoms with Crippen LogP contribution in [0.25, 0.3) is 0 Å². The van der Waals surface area contributed by atoms with Gasteiger partial charge in [0.1, 0.15) is 5.75 Å². The maximum absolute atomic E-state index is 6.14. The SMILES string of the molecule is C=CCC(Cc1cc(Cl)cc2c1OCC2)NC. The predicted molar refractivity (Wildman–Crippen MR) is 72.0 cm³/mol. The third-order valence-electron chi connectivity index (χ3n) is 3.15. The average Bonchev–Trinajstić information content (AvgIpc) is 2.76. The smallest absolute Gasteiger partial charge is 0.125 e.